The van der Waals surface area contributed by atoms with Gasteiger partial charge in [-0.05, 0) is 6.07 Å². The summed E-state index contributed by atoms with van der Waals surface area (Å²) >= 11 is 0. The standard InChI is InChI=1S/C14H15F3N2O5/c15-14(16,17)8-24-10-7-9(1-4-18-10)11(20)19-13(12(21)22)2-5-23-6-3-13/h1,4,7H,2-3,5-6,8H2,(H,19,20)(H,21,22). The summed E-state index contributed by atoms with van der Waals surface area (Å²) in [4.78, 5) is 27.3. The van der Waals surface area contributed by atoms with Gasteiger partial charge in [-0.1, -0.05) is 0 Å². The topological polar surface area (TPSA) is 97.8 Å². The summed E-state index contributed by atoms with van der Waals surface area (Å²) in [6.07, 6.45) is -3.24. The second-order valence-corrected chi connectivity index (χ2v) is 5.24. The number of hydrogen-bond donors (Lipinski definition) is 2. The maximum Gasteiger partial charge on any atom is 0.422 e. The van der Waals surface area contributed by atoms with Gasteiger partial charge < -0.3 is 19.9 Å². The molecule has 1 aromatic heterocycles. The number of rotatable bonds is 5. The first-order chi connectivity index (χ1) is 11.2. The minimum atomic E-state index is -4.53. The Morgan fingerprint density at radius 1 is 1.38 bits per heavy atom. The first kappa shape index (κ1) is 18.0. The summed E-state index contributed by atoms with van der Waals surface area (Å²) in [6.45, 7) is -1.17. The quantitative estimate of drug-likeness (QED) is 0.834. The second kappa shape index (κ2) is 7.04. The molecule has 0 spiro atoms. The van der Waals surface area contributed by atoms with Crippen LogP contribution in [0.15, 0.2) is 18.3 Å². The number of carbonyl (C=O) groups excluding carboxylic acids is 1. The van der Waals surface area contributed by atoms with Crippen LogP contribution < -0.4 is 10.1 Å². The molecule has 0 saturated carbocycles. The van der Waals surface area contributed by atoms with Crippen LogP contribution in [0.3, 0.4) is 0 Å². The lowest BCUT2D eigenvalue weighted by Gasteiger charge is -2.33. The molecule has 0 aliphatic carbocycles. The third-order valence-corrected chi connectivity index (χ3v) is 3.49. The predicted octanol–water partition coefficient (Wildman–Crippen LogP) is 1.39. The molecule has 7 nitrogen and oxygen atoms in total. The van der Waals surface area contributed by atoms with Gasteiger partial charge in [0.2, 0.25) is 5.88 Å². The number of carbonyl (C=O) groups is 2. The number of halogens is 3. The highest BCUT2D eigenvalue weighted by molar-refractivity contribution is 5.98. The van der Waals surface area contributed by atoms with Crippen molar-refractivity contribution in [1.29, 1.82) is 0 Å². The summed E-state index contributed by atoms with van der Waals surface area (Å²) in [5.74, 6) is -2.31. The Morgan fingerprint density at radius 3 is 2.62 bits per heavy atom. The number of carboxylic acid groups (broad SMARTS) is 1. The zero-order valence-electron chi connectivity index (χ0n) is 12.4. The van der Waals surface area contributed by atoms with Crippen LogP contribution in [0, 0.1) is 0 Å². The number of nitrogens with zero attached hydrogens (tertiary/aromatic N) is 1. The Morgan fingerprint density at radius 2 is 2.04 bits per heavy atom. The van der Waals surface area contributed by atoms with Gasteiger partial charge in [-0.2, -0.15) is 13.2 Å². The van der Waals surface area contributed by atoms with E-state index in [-0.39, 0.29) is 37.5 Å². The molecule has 10 heteroatoms. The van der Waals surface area contributed by atoms with Gasteiger partial charge in [0.05, 0.1) is 0 Å². The van der Waals surface area contributed by atoms with Gasteiger partial charge in [-0.15, -0.1) is 0 Å². The third kappa shape index (κ3) is 4.57. The first-order valence-electron chi connectivity index (χ1n) is 7.01. The van der Waals surface area contributed by atoms with Gasteiger partial charge in [0.25, 0.3) is 5.91 Å². The molecule has 1 aromatic rings. The molecule has 132 valence electrons. The van der Waals surface area contributed by atoms with Gasteiger partial charge >= 0.3 is 12.1 Å². The maximum absolute atomic E-state index is 12.3. The van der Waals surface area contributed by atoms with Crippen molar-refractivity contribution in [3.63, 3.8) is 0 Å². The molecule has 24 heavy (non-hydrogen) atoms. The Bertz CT molecular complexity index is 615. The van der Waals surface area contributed by atoms with Crippen LogP contribution in [-0.4, -0.2) is 53.5 Å². The van der Waals surface area contributed by atoms with Crippen molar-refractivity contribution in [2.24, 2.45) is 0 Å². The average molecular weight is 348 g/mol. The number of nitrogens with one attached hydrogen (secondary N) is 1. The molecule has 1 aliphatic rings. The fourth-order valence-corrected chi connectivity index (χ4v) is 2.19. The molecule has 2 N–H and O–H groups in total. The largest absolute Gasteiger partial charge is 0.480 e. The molecule has 2 heterocycles. The summed E-state index contributed by atoms with van der Waals surface area (Å²) in [5.41, 5.74) is -1.51. The number of ether oxygens (including phenoxy) is 2. The van der Waals surface area contributed by atoms with Crippen molar-refractivity contribution in [2.75, 3.05) is 19.8 Å². The number of aliphatic carboxylic acids is 1. The number of pyridine rings is 1. The minimum absolute atomic E-state index is 0.0470. The van der Waals surface area contributed by atoms with Crippen molar-refractivity contribution < 1.29 is 37.3 Å². The molecule has 2 rings (SSSR count). The van der Waals surface area contributed by atoms with E-state index in [4.69, 9.17) is 4.74 Å². The van der Waals surface area contributed by atoms with Crippen LogP contribution >= 0.6 is 0 Å². The lowest BCUT2D eigenvalue weighted by Crippen LogP contribution is -2.57. The Balaban J connectivity index is 2.10. The highest BCUT2D eigenvalue weighted by Crippen LogP contribution is 2.22. The summed E-state index contributed by atoms with van der Waals surface area (Å²) < 4.78 is 46.0. The van der Waals surface area contributed by atoms with Crippen molar-refractivity contribution in [1.82, 2.24) is 10.3 Å². The average Bonchev–Trinajstić information content (AvgIpc) is 2.53. The van der Waals surface area contributed by atoms with Crippen LogP contribution in [0.1, 0.15) is 23.2 Å². The highest BCUT2D eigenvalue weighted by atomic mass is 19.4. The second-order valence-electron chi connectivity index (χ2n) is 5.24. The van der Waals surface area contributed by atoms with Crippen molar-refractivity contribution in [3.05, 3.63) is 23.9 Å². The number of carboxylic acids is 1. The molecule has 0 aromatic carbocycles. The molecule has 1 amide bonds. The van der Waals surface area contributed by atoms with E-state index in [1.54, 1.807) is 0 Å². The Labute approximate surface area is 134 Å². The van der Waals surface area contributed by atoms with Crippen LogP contribution in [0.5, 0.6) is 5.88 Å². The van der Waals surface area contributed by atoms with E-state index in [1.165, 1.54) is 6.07 Å². The highest BCUT2D eigenvalue weighted by Gasteiger charge is 2.41. The molecule has 1 saturated heterocycles. The van der Waals surface area contributed by atoms with Gasteiger partial charge in [0.15, 0.2) is 6.61 Å². The first-order valence-corrected chi connectivity index (χ1v) is 7.01. The van der Waals surface area contributed by atoms with E-state index in [2.05, 4.69) is 15.0 Å². The summed E-state index contributed by atoms with van der Waals surface area (Å²) in [7, 11) is 0. The summed E-state index contributed by atoms with van der Waals surface area (Å²) in [6, 6.07) is 2.28. The van der Waals surface area contributed by atoms with Gasteiger partial charge in [0, 0.05) is 43.9 Å². The number of amides is 1. The zero-order valence-corrected chi connectivity index (χ0v) is 12.4. The SMILES string of the molecule is O=C(NC1(C(=O)O)CCOCC1)c1ccnc(OCC(F)(F)F)c1. The Kier molecular flexibility index (Phi) is 5.27. The molecule has 0 bridgehead atoms. The number of hydrogen-bond acceptors (Lipinski definition) is 5. The lowest BCUT2D eigenvalue weighted by molar-refractivity contribution is -0.154. The van der Waals surface area contributed by atoms with E-state index < -0.39 is 30.2 Å². The zero-order chi connectivity index (χ0) is 17.8. The fraction of sp³-hybridized carbons (Fsp3) is 0.500. The molecule has 0 atom stereocenters. The molecule has 0 unspecified atom stereocenters. The predicted molar refractivity (Wildman–Crippen MR) is 73.7 cm³/mol. The van der Waals surface area contributed by atoms with Crippen molar-refractivity contribution >= 4 is 11.9 Å². The van der Waals surface area contributed by atoms with Crippen LogP contribution in [-0.2, 0) is 9.53 Å². The number of alkyl halides is 3. The van der Waals surface area contributed by atoms with Crippen molar-refractivity contribution in [3.8, 4) is 5.88 Å². The minimum Gasteiger partial charge on any atom is -0.480 e. The van der Waals surface area contributed by atoms with Gasteiger partial charge in [0.1, 0.15) is 5.54 Å². The Hall–Kier alpha value is -2.36. The lowest BCUT2D eigenvalue weighted by atomic mass is 9.90. The molecular formula is C14H15F3N2O5. The van der Waals surface area contributed by atoms with Crippen LogP contribution in [0.4, 0.5) is 13.2 Å². The molecular weight excluding hydrogens is 333 g/mol. The van der Waals surface area contributed by atoms with Crippen LogP contribution in [0.2, 0.25) is 0 Å². The normalized spacial score (nSPS) is 17.1. The summed E-state index contributed by atoms with van der Waals surface area (Å²) in [5, 5.41) is 11.8. The van der Waals surface area contributed by atoms with Gasteiger partial charge in [-0.25, -0.2) is 9.78 Å². The molecule has 0 radical (unpaired) electrons. The molecule has 1 aliphatic heterocycles. The van der Waals surface area contributed by atoms with E-state index in [1.807, 2.05) is 0 Å². The maximum atomic E-state index is 12.3. The third-order valence-electron chi connectivity index (χ3n) is 3.49. The molecule has 1 fully saturated rings. The van der Waals surface area contributed by atoms with Gasteiger partial charge in [-0.3, -0.25) is 4.79 Å². The van der Waals surface area contributed by atoms with E-state index in [0.29, 0.717) is 0 Å². The van der Waals surface area contributed by atoms with E-state index in [9.17, 15) is 27.9 Å². The monoisotopic (exact) mass is 348 g/mol. The van der Waals surface area contributed by atoms with Crippen LogP contribution in [0.25, 0.3) is 0 Å². The fourth-order valence-electron chi connectivity index (χ4n) is 2.19. The smallest absolute Gasteiger partial charge is 0.422 e. The van der Waals surface area contributed by atoms with Crippen molar-refractivity contribution in [2.45, 2.75) is 24.6 Å². The van der Waals surface area contributed by atoms with E-state index >= 15 is 0 Å². The van der Waals surface area contributed by atoms with E-state index in [0.717, 1.165) is 12.3 Å². The number of aromatic nitrogens is 1.